The summed E-state index contributed by atoms with van der Waals surface area (Å²) in [6.07, 6.45) is 1.77. The zero-order chi connectivity index (χ0) is 15.8. The number of fused-ring (bicyclic) bond motifs is 3. The highest BCUT2D eigenvalue weighted by molar-refractivity contribution is 5.68. The standard InChI is InChI=1S/C17H17N5O/c1-11-10-19-14-9-12(23-2)6-7-15(14)22-16(11)20-21-17(22)13-5-3-4-8-18-13/h3-9,11,19H,10H2,1-2H3/t11-/m0/s1. The van der Waals surface area contributed by atoms with Gasteiger partial charge in [0, 0.05) is 24.7 Å². The molecule has 1 aromatic carbocycles. The molecule has 3 aromatic rings. The van der Waals surface area contributed by atoms with Crippen LogP contribution in [0.25, 0.3) is 17.2 Å². The van der Waals surface area contributed by atoms with Crippen LogP contribution in [0.15, 0.2) is 42.6 Å². The molecule has 23 heavy (non-hydrogen) atoms. The van der Waals surface area contributed by atoms with E-state index in [0.717, 1.165) is 41.0 Å². The summed E-state index contributed by atoms with van der Waals surface area (Å²) >= 11 is 0. The van der Waals surface area contributed by atoms with E-state index in [1.54, 1.807) is 13.3 Å². The van der Waals surface area contributed by atoms with Crippen LogP contribution in [0, 0.1) is 0 Å². The van der Waals surface area contributed by atoms with Crippen LogP contribution in [-0.2, 0) is 0 Å². The molecule has 0 amide bonds. The second-order valence-electron chi connectivity index (χ2n) is 5.60. The summed E-state index contributed by atoms with van der Waals surface area (Å²) in [4.78, 5) is 4.42. The van der Waals surface area contributed by atoms with Gasteiger partial charge in [-0.15, -0.1) is 10.2 Å². The second-order valence-corrected chi connectivity index (χ2v) is 5.60. The van der Waals surface area contributed by atoms with Gasteiger partial charge in [0.25, 0.3) is 0 Å². The van der Waals surface area contributed by atoms with Gasteiger partial charge < -0.3 is 10.1 Å². The van der Waals surface area contributed by atoms with E-state index in [9.17, 15) is 0 Å². The largest absolute Gasteiger partial charge is 0.497 e. The maximum Gasteiger partial charge on any atom is 0.187 e. The Bertz CT molecular complexity index is 843. The molecule has 6 heteroatoms. The first-order valence-corrected chi connectivity index (χ1v) is 7.57. The van der Waals surface area contributed by atoms with Gasteiger partial charge in [0.05, 0.1) is 18.5 Å². The van der Waals surface area contributed by atoms with Gasteiger partial charge in [0.2, 0.25) is 0 Å². The van der Waals surface area contributed by atoms with E-state index in [2.05, 4.69) is 32.0 Å². The van der Waals surface area contributed by atoms with E-state index in [1.807, 2.05) is 36.4 Å². The molecule has 3 heterocycles. The van der Waals surface area contributed by atoms with Gasteiger partial charge in [0.15, 0.2) is 5.82 Å². The minimum atomic E-state index is 0.235. The molecule has 0 aliphatic carbocycles. The van der Waals surface area contributed by atoms with Crippen molar-refractivity contribution in [1.29, 1.82) is 0 Å². The summed E-state index contributed by atoms with van der Waals surface area (Å²) in [6.45, 7) is 2.93. The Morgan fingerprint density at radius 1 is 1.22 bits per heavy atom. The van der Waals surface area contributed by atoms with Crippen LogP contribution < -0.4 is 10.1 Å². The zero-order valence-corrected chi connectivity index (χ0v) is 13.0. The fraction of sp³-hybridized carbons (Fsp3) is 0.235. The number of pyridine rings is 1. The van der Waals surface area contributed by atoms with E-state index in [4.69, 9.17) is 4.74 Å². The van der Waals surface area contributed by atoms with Gasteiger partial charge in [-0.25, -0.2) is 0 Å². The van der Waals surface area contributed by atoms with E-state index in [-0.39, 0.29) is 5.92 Å². The van der Waals surface area contributed by atoms with Gasteiger partial charge in [-0.3, -0.25) is 9.55 Å². The number of hydrogen-bond donors (Lipinski definition) is 1. The lowest BCUT2D eigenvalue weighted by molar-refractivity contribution is 0.415. The van der Waals surface area contributed by atoms with E-state index in [1.165, 1.54) is 0 Å². The molecular formula is C17H17N5O. The number of benzene rings is 1. The summed E-state index contributed by atoms with van der Waals surface area (Å²) < 4.78 is 7.42. The summed E-state index contributed by atoms with van der Waals surface area (Å²) in [7, 11) is 1.67. The predicted molar refractivity (Wildman–Crippen MR) is 88.0 cm³/mol. The highest BCUT2D eigenvalue weighted by atomic mass is 16.5. The van der Waals surface area contributed by atoms with Crippen molar-refractivity contribution in [2.75, 3.05) is 19.0 Å². The van der Waals surface area contributed by atoms with Crippen LogP contribution in [-0.4, -0.2) is 33.4 Å². The molecular weight excluding hydrogens is 290 g/mol. The van der Waals surface area contributed by atoms with Gasteiger partial charge >= 0.3 is 0 Å². The summed E-state index contributed by atoms with van der Waals surface area (Å²) in [5.74, 6) is 2.74. The molecule has 6 nitrogen and oxygen atoms in total. The SMILES string of the molecule is COc1ccc2c(c1)NC[C@H](C)c1nnc(-c3ccccn3)n1-2. The number of hydrogen-bond acceptors (Lipinski definition) is 5. The number of nitrogens with zero attached hydrogens (tertiary/aromatic N) is 4. The lowest BCUT2D eigenvalue weighted by Crippen LogP contribution is -2.09. The number of rotatable bonds is 2. The minimum absolute atomic E-state index is 0.235. The Labute approximate surface area is 134 Å². The quantitative estimate of drug-likeness (QED) is 0.788. The Balaban J connectivity index is 1.96. The molecule has 116 valence electrons. The van der Waals surface area contributed by atoms with E-state index in [0.29, 0.717) is 0 Å². The summed E-state index contributed by atoms with van der Waals surface area (Å²) in [6, 6.07) is 11.8. The molecule has 0 spiro atoms. The zero-order valence-electron chi connectivity index (χ0n) is 13.0. The highest BCUT2D eigenvalue weighted by Crippen LogP contribution is 2.34. The Morgan fingerprint density at radius 2 is 2.13 bits per heavy atom. The molecule has 4 rings (SSSR count). The fourth-order valence-electron chi connectivity index (χ4n) is 2.85. The van der Waals surface area contributed by atoms with Crippen molar-refractivity contribution in [2.24, 2.45) is 0 Å². The van der Waals surface area contributed by atoms with Crippen LogP contribution in [0.4, 0.5) is 5.69 Å². The Hall–Kier alpha value is -2.89. The molecule has 0 saturated carbocycles. The van der Waals surface area contributed by atoms with E-state index < -0.39 is 0 Å². The third-order valence-corrected chi connectivity index (χ3v) is 4.07. The lowest BCUT2D eigenvalue weighted by atomic mass is 10.1. The Kier molecular flexibility index (Phi) is 3.22. The first-order chi connectivity index (χ1) is 11.3. The van der Waals surface area contributed by atoms with Crippen LogP contribution in [0.5, 0.6) is 5.75 Å². The van der Waals surface area contributed by atoms with Crippen molar-refractivity contribution < 1.29 is 4.74 Å². The smallest absolute Gasteiger partial charge is 0.187 e. The molecule has 1 N–H and O–H groups in total. The van der Waals surface area contributed by atoms with Crippen molar-refractivity contribution >= 4 is 5.69 Å². The van der Waals surface area contributed by atoms with Crippen LogP contribution in [0.2, 0.25) is 0 Å². The van der Waals surface area contributed by atoms with Crippen molar-refractivity contribution in [3.05, 3.63) is 48.4 Å². The normalized spacial score (nSPS) is 16.0. The number of aromatic nitrogens is 4. The van der Waals surface area contributed by atoms with Crippen LogP contribution in [0.3, 0.4) is 0 Å². The van der Waals surface area contributed by atoms with Gasteiger partial charge in [-0.1, -0.05) is 13.0 Å². The summed E-state index contributed by atoms with van der Waals surface area (Å²) in [5, 5.41) is 12.3. The van der Waals surface area contributed by atoms with Gasteiger partial charge in [-0.05, 0) is 24.3 Å². The summed E-state index contributed by atoms with van der Waals surface area (Å²) in [5.41, 5.74) is 2.82. The average Bonchev–Trinajstić information content (AvgIpc) is 2.99. The van der Waals surface area contributed by atoms with Crippen LogP contribution in [0.1, 0.15) is 18.7 Å². The second kappa shape index (κ2) is 5.39. The number of methoxy groups -OCH3 is 1. The number of nitrogens with one attached hydrogen (secondary N) is 1. The fourth-order valence-corrected chi connectivity index (χ4v) is 2.85. The lowest BCUT2D eigenvalue weighted by Gasteiger charge is -2.13. The third-order valence-electron chi connectivity index (χ3n) is 4.07. The third kappa shape index (κ3) is 2.23. The molecule has 1 atom stereocenters. The molecule has 0 bridgehead atoms. The molecule has 0 radical (unpaired) electrons. The van der Waals surface area contributed by atoms with Crippen molar-refractivity contribution in [1.82, 2.24) is 19.7 Å². The predicted octanol–water partition coefficient (Wildman–Crippen LogP) is 2.87. The average molecular weight is 307 g/mol. The van der Waals surface area contributed by atoms with Crippen LogP contribution >= 0.6 is 0 Å². The first kappa shape index (κ1) is 13.8. The molecule has 1 aliphatic rings. The van der Waals surface area contributed by atoms with Crippen molar-refractivity contribution in [3.63, 3.8) is 0 Å². The van der Waals surface area contributed by atoms with Gasteiger partial charge in [-0.2, -0.15) is 0 Å². The monoisotopic (exact) mass is 307 g/mol. The minimum Gasteiger partial charge on any atom is -0.497 e. The first-order valence-electron chi connectivity index (χ1n) is 7.57. The topological polar surface area (TPSA) is 64.9 Å². The molecule has 0 fully saturated rings. The molecule has 2 aromatic heterocycles. The van der Waals surface area contributed by atoms with Gasteiger partial charge in [0.1, 0.15) is 17.3 Å². The number of anilines is 1. The highest BCUT2D eigenvalue weighted by Gasteiger charge is 2.25. The molecule has 0 saturated heterocycles. The van der Waals surface area contributed by atoms with Crippen molar-refractivity contribution in [3.8, 4) is 23.0 Å². The van der Waals surface area contributed by atoms with Crippen molar-refractivity contribution in [2.45, 2.75) is 12.8 Å². The molecule has 0 unspecified atom stereocenters. The Morgan fingerprint density at radius 3 is 2.91 bits per heavy atom. The maximum absolute atomic E-state index is 5.34. The molecule has 1 aliphatic heterocycles. The van der Waals surface area contributed by atoms with E-state index >= 15 is 0 Å². The maximum atomic E-state index is 5.34. The number of ether oxygens (including phenoxy) is 1.